The molecule has 0 bridgehead atoms. The molecular weight excluding hydrogens is 873 g/mol. The zero-order valence-corrected chi connectivity index (χ0v) is 38.1. The Morgan fingerprint density at radius 1 is 0.877 bits per heavy atom. The summed E-state index contributed by atoms with van der Waals surface area (Å²) in [6.45, 7) is 6.85. The number of hydrogen-bond acceptors (Lipinski definition) is 12. The fourth-order valence-corrected chi connectivity index (χ4v) is 8.49. The van der Waals surface area contributed by atoms with Gasteiger partial charge in [-0.2, -0.15) is 8.78 Å². The van der Waals surface area contributed by atoms with Crippen molar-refractivity contribution < 1.29 is 65.4 Å². The van der Waals surface area contributed by atoms with E-state index in [0.717, 1.165) is 17.7 Å². The van der Waals surface area contributed by atoms with E-state index >= 15 is 8.78 Å². The van der Waals surface area contributed by atoms with Gasteiger partial charge in [0.1, 0.15) is 23.8 Å². The molecule has 0 spiro atoms. The van der Waals surface area contributed by atoms with Crippen molar-refractivity contribution in [3.63, 3.8) is 0 Å². The lowest BCUT2D eigenvalue weighted by Crippen LogP contribution is -2.57. The number of esters is 2. The number of aromatic amines is 1. The van der Waals surface area contributed by atoms with Crippen LogP contribution in [0.3, 0.4) is 0 Å². The molecule has 2 fully saturated rings. The van der Waals surface area contributed by atoms with Gasteiger partial charge in [-0.25, -0.2) is 0 Å². The van der Waals surface area contributed by atoms with Crippen molar-refractivity contribution in [2.75, 3.05) is 13.6 Å². The van der Waals surface area contributed by atoms with Crippen molar-refractivity contribution in [3.05, 3.63) is 71.4 Å². The molecule has 2 aliphatic rings. The summed E-state index contributed by atoms with van der Waals surface area (Å²) in [7, 11) is -5.63. The predicted molar refractivity (Wildman–Crippen MR) is 230 cm³/mol. The highest BCUT2D eigenvalue weighted by molar-refractivity contribution is 7.54. The molecule has 5 amide bonds. The number of hydrogen-bond donors (Lipinski definition) is 5. The molecule has 1 aromatic heterocycles. The molecule has 6 N–H and O–H groups in total. The van der Waals surface area contributed by atoms with Crippen LogP contribution >= 0.6 is 7.60 Å². The van der Waals surface area contributed by atoms with Crippen molar-refractivity contribution in [1.82, 2.24) is 25.8 Å². The van der Waals surface area contributed by atoms with Gasteiger partial charge in [0.15, 0.2) is 0 Å². The third-order valence-corrected chi connectivity index (χ3v) is 12.8. The highest BCUT2D eigenvalue weighted by Gasteiger charge is 2.56. The number of fused-ring (bicyclic) bond motifs is 2. The number of carbonyl (C=O) groups excluding carboxylic acids is 7. The molecule has 2 unspecified atom stereocenters. The molecule has 2 aliphatic heterocycles. The summed E-state index contributed by atoms with van der Waals surface area (Å²) in [5.41, 5.74) is -1.12. The van der Waals surface area contributed by atoms with Crippen LogP contribution in [0.2, 0.25) is 0 Å². The van der Waals surface area contributed by atoms with Crippen LogP contribution in [0.15, 0.2) is 54.6 Å². The van der Waals surface area contributed by atoms with Gasteiger partial charge >= 0.3 is 25.2 Å². The van der Waals surface area contributed by atoms with E-state index in [0.29, 0.717) is 25.7 Å². The largest absolute Gasteiger partial charge is 0.438 e. The van der Waals surface area contributed by atoms with Crippen molar-refractivity contribution in [3.8, 4) is 0 Å². The summed E-state index contributed by atoms with van der Waals surface area (Å²) in [5, 5.41) is 8.26. The van der Waals surface area contributed by atoms with E-state index in [1.807, 2.05) is 30.3 Å². The molecule has 65 heavy (non-hydrogen) atoms. The van der Waals surface area contributed by atoms with E-state index in [1.54, 1.807) is 0 Å². The number of rotatable bonds is 18. The number of ether oxygens (including phenoxy) is 2. The lowest BCUT2D eigenvalue weighted by molar-refractivity contribution is -0.163. The number of nitrogens with zero attached hydrogens (tertiary/aromatic N) is 1. The van der Waals surface area contributed by atoms with Crippen LogP contribution in [0.4, 0.5) is 8.78 Å². The van der Waals surface area contributed by atoms with Crippen LogP contribution in [-0.4, -0.2) is 89.1 Å². The number of H-pyrrole nitrogens is 1. The van der Waals surface area contributed by atoms with Gasteiger partial charge in [0.25, 0.3) is 5.91 Å². The first-order valence-electron chi connectivity index (χ1n) is 21.2. The Hall–Kier alpha value is -5.72. The fraction of sp³-hybridized carbons (Fsp3) is 0.523. The Kier molecular flexibility index (Phi) is 16.0. The molecule has 354 valence electrons. The molecule has 21 heteroatoms. The van der Waals surface area contributed by atoms with Gasteiger partial charge in [-0.15, -0.1) is 0 Å². The Labute approximate surface area is 374 Å². The Balaban J connectivity index is 1.30. The van der Waals surface area contributed by atoms with E-state index < -0.39 is 103 Å². The van der Waals surface area contributed by atoms with E-state index in [4.69, 9.17) is 24.3 Å². The maximum absolute atomic E-state index is 16.3. The zero-order valence-electron chi connectivity index (χ0n) is 37.2. The topological polar surface area (TPSA) is 255 Å². The molecule has 0 saturated carbocycles. The summed E-state index contributed by atoms with van der Waals surface area (Å²) in [6, 6.07) is 9.90. The van der Waals surface area contributed by atoms with Gasteiger partial charge in [0.2, 0.25) is 37.2 Å². The average Bonchev–Trinajstić information content (AvgIpc) is 3.84. The van der Waals surface area contributed by atoms with E-state index in [9.17, 15) is 38.1 Å². The third-order valence-electron chi connectivity index (χ3n) is 10.9. The SMILES string of the molecule is CC(C)(C)C(=O)OCOP(=O)(OCOC(=O)C(C)(C)C)C(F)(F)c1ccc2[nH]c(C(=O)N[C@H]3CCCC4CC[C@@H](C(=O)NC(CCC(N)=O)C(=O)NCc5ccccc5)N4C3=O)cc2c1. The average molecular weight is 931 g/mol. The number of primary amides is 1. The van der Waals surface area contributed by atoms with E-state index in [1.165, 1.54) is 58.6 Å². The molecule has 4 atom stereocenters. The monoisotopic (exact) mass is 930 g/mol. The predicted octanol–water partition coefficient (Wildman–Crippen LogP) is 5.25. The minimum absolute atomic E-state index is 0.0689. The summed E-state index contributed by atoms with van der Waals surface area (Å²) < 4.78 is 66.1. The summed E-state index contributed by atoms with van der Waals surface area (Å²) in [5.74, 6) is -4.75. The maximum atomic E-state index is 16.3. The van der Waals surface area contributed by atoms with Crippen LogP contribution in [0, 0.1) is 10.8 Å². The van der Waals surface area contributed by atoms with Crippen molar-refractivity contribution in [2.45, 2.75) is 123 Å². The molecule has 2 saturated heterocycles. The lowest BCUT2D eigenvalue weighted by atomic mass is 9.98. The van der Waals surface area contributed by atoms with E-state index in [-0.39, 0.29) is 48.4 Å². The Bertz CT molecular complexity index is 2280. The highest BCUT2D eigenvalue weighted by Crippen LogP contribution is 2.67. The number of nitrogens with one attached hydrogen (secondary N) is 4. The minimum Gasteiger partial charge on any atom is -0.438 e. The van der Waals surface area contributed by atoms with Gasteiger partial charge in [-0.1, -0.05) is 36.4 Å². The second-order valence-corrected chi connectivity index (χ2v) is 20.2. The molecule has 3 heterocycles. The Morgan fingerprint density at radius 2 is 1.51 bits per heavy atom. The van der Waals surface area contributed by atoms with Crippen LogP contribution in [0.1, 0.15) is 108 Å². The van der Waals surface area contributed by atoms with Crippen molar-refractivity contribution in [2.24, 2.45) is 16.6 Å². The van der Waals surface area contributed by atoms with Gasteiger partial charge in [-0.05, 0) is 104 Å². The first kappa shape index (κ1) is 50.3. The van der Waals surface area contributed by atoms with Gasteiger partial charge in [0, 0.05) is 35.5 Å². The van der Waals surface area contributed by atoms with Gasteiger partial charge in [0.05, 0.1) is 10.8 Å². The quantitative estimate of drug-likeness (QED) is 0.0624. The number of benzene rings is 2. The lowest BCUT2D eigenvalue weighted by Gasteiger charge is -2.31. The first-order valence-corrected chi connectivity index (χ1v) is 22.7. The molecule has 2 aromatic carbocycles. The normalized spacial score (nSPS) is 18.6. The molecule has 0 aliphatic carbocycles. The molecule has 18 nitrogen and oxygen atoms in total. The van der Waals surface area contributed by atoms with E-state index in [2.05, 4.69) is 20.9 Å². The maximum Gasteiger partial charge on any atom is 0.410 e. The van der Waals surface area contributed by atoms with Crippen LogP contribution in [0.5, 0.6) is 0 Å². The molecular formula is C44H57F2N6O12P. The third kappa shape index (κ3) is 12.6. The van der Waals surface area contributed by atoms with Gasteiger partial charge in [-0.3, -0.25) is 47.2 Å². The van der Waals surface area contributed by atoms with Gasteiger partial charge < -0.3 is 41.0 Å². The summed E-state index contributed by atoms with van der Waals surface area (Å²) >= 11 is 0. The summed E-state index contributed by atoms with van der Waals surface area (Å²) in [6.07, 6.45) is 1.84. The number of carbonyl (C=O) groups is 7. The van der Waals surface area contributed by atoms with Crippen LogP contribution in [0.25, 0.3) is 10.9 Å². The number of alkyl halides is 2. The summed E-state index contributed by atoms with van der Waals surface area (Å²) in [4.78, 5) is 95.4. The number of halogens is 2. The number of aromatic nitrogens is 1. The molecule has 0 radical (unpaired) electrons. The Morgan fingerprint density at radius 3 is 2.11 bits per heavy atom. The second kappa shape index (κ2) is 20.6. The number of nitrogens with two attached hydrogens (primary N) is 1. The minimum atomic E-state index is -5.63. The van der Waals surface area contributed by atoms with Crippen molar-refractivity contribution >= 4 is 60.0 Å². The smallest absolute Gasteiger partial charge is 0.410 e. The van der Waals surface area contributed by atoms with Crippen molar-refractivity contribution in [1.29, 1.82) is 0 Å². The zero-order chi connectivity index (χ0) is 47.9. The van der Waals surface area contributed by atoms with Crippen LogP contribution in [-0.2, 0) is 64.1 Å². The first-order chi connectivity index (χ1) is 30.4. The molecule has 3 aromatic rings. The molecule has 5 rings (SSSR count). The standard InChI is InChI=1S/C44H57F2N6O12P/c1-42(2,3)40(58)61-24-63-65(60,64-25-62-41(59)43(4,5)6)44(45,46)28-15-17-30-27(21-28)22-33(49-30)37(55)51-32-14-10-13-29-16-19-34(52(29)39(32)57)38(56)50-31(18-20-35(47)53)36(54)48-23-26-11-8-7-9-12-26/h7-9,11-12,15,17,21-22,29,31-32,34,49H,10,13-14,16,18-20,23-25H2,1-6H3,(H2,47,53)(H,48,54)(H,50,56)(H,51,55)/t29?,31?,32-,34-/m0/s1. The number of amides is 5. The van der Waals surface area contributed by atoms with Crippen LogP contribution < -0.4 is 21.7 Å². The highest BCUT2D eigenvalue weighted by atomic mass is 31.2. The fourth-order valence-electron chi connectivity index (χ4n) is 7.25. The second-order valence-electron chi connectivity index (χ2n) is 18.1.